The molecule has 0 aliphatic rings. The van der Waals surface area contributed by atoms with E-state index in [4.69, 9.17) is 0 Å². The Morgan fingerprint density at radius 2 is 2.38 bits per heavy atom. The molecule has 1 aromatic rings. The summed E-state index contributed by atoms with van der Waals surface area (Å²) in [5, 5.41) is 16.2. The highest BCUT2D eigenvalue weighted by Gasteiger charge is 2.19. The molecule has 0 unspecified atom stereocenters. The average Bonchev–Trinajstić information content (AvgIpc) is 2.46. The first-order chi connectivity index (χ1) is 6.06. The van der Waals surface area contributed by atoms with Gasteiger partial charge in [-0.3, -0.25) is 4.79 Å². The van der Waals surface area contributed by atoms with Crippen LogP contribution in [0, 0.1) is 10.1 Å². The highest BCUT2D eigenvalue weighted by atomic mass is 16.6. The molecule has 0 fully saturated rings. The molecule has 1 amide bonds. The molecule has 0 aliphatic heterocycles. The molecule has 0 saturated heterocycles. The van der Waals surface area contributed by atoms with Crippen molar-refractivity contribution in [1.82, 2.24) is 15.1 Å². The summed E-state index contributed by atoms with van der Waals surface area (Å²) >= 11 is 0. The summed E-state index contributed by atoms with van der Waals surface area (Å²) < 4.78 is 1.16. The van der Waals surface area contributed by atoms with E-state index in [9.17, 15) is 14.9 Å². The SMILES string of the molecule is CNC(=O)c1cc([N+](=O)[O-])nn1C. The number of aryl methyl sites for hydroxylation is 1. The molecule has 1 rings (SSSR count). The number of hydrogen-bond acceptors (Lipinski definition) is 4. The van der Waals surface area contributed by atoms with Crippen molar-refractivity contribution in [3.8, 4) is 0 Å². The quantitative estimate of drug-likeness (QED) is 0.504. The van der Waals surface area contributed by atoms with Gasteiger partial charge in [0.1, 0.15) is 0 Å². The van der Waals surface area contributed by atoms with Gasteiger partial charge in [0, 0.05) is 7.05 Å². The Morgan fingerprint density at radius 3 is 2.77 bits per heavy atom. The Bertz CT molecular complexity index is 357. The van der Waals surface area contributed by atoms with Crippen molar-refractivity contribution in [2.24, 2.45) is 7.05 Å². The molecule has 70 valence electrons. The van der Waals surface area contributed by atoms with Gasteiger partial charge in [-0.15, -0.1) is 0 Å². The van der Waals surface area contributed by atoms with Gasteiger partial charge in [-0.05, 0) is 4.92 Å². The smallest absolute Gasteiger partial charge is 0.358 e. The van der Waals surface area contributed by atoms with Crippen molar-refractivity contribution in [3.63, 3.8) is 0 Å². The third-order valence-electron chi connectivity index (χ3n) is 1.51. The Labute approximate surface area is 73.5 Å². The summed E-state index contributed by atoms with van der Waals surface area (Å²) in [7, 11) is 2.92. The van der Waals surface area contributed by atoms with Gasteiger partial charge in [-0.25, -0.2) is 0 Å². The van der Waals surface area contributed by atoms with Crippen molar-refractivity contribution in [2.45, 2.75) is 0 Å². The van der Waals surface area contributed by atoms with Gasteiger partial charge in [0.2, 0.25) is 0 Å². The Hall–Kier alpha value is -1.92. The fourth-order valence-electron chi connectivity index (χ4n) is 0.882. The van der Waals surface area contributed by atoms with E-state index in [1.807, 2.05) is 0 Å². The van der Waals surface area contributed by atoms with Gasteiger partial charge in [0.05, 0.1) is 18.2 Å². The van der Waals surface area contributed by atoms with Gasteiger partial charge >= 0.3 is 5.82 Å². The summed E-state index contributed by atoms with van der Waals surface area (Å²) in [6.45, 7) is 0. The molecule has 1 aromatic heterocycles. The largest absolute Gasteiger partial charge is 0.390 e. The van der Waals surface area contributed by atoms with E-state index in [-0.39, 0.29) is 11.5 Å². The van der Waals surface area contributed by atoms with Crippen molar-refractivity contribution < 1.29 is 9.72 Å². The summed E-state index contributed by atoms with van der Waals surface area (Å²) in [6.07, 6.45) is 0. The lowest BCUT2D eigenvalue weighted by molar-refractivity contribution is -0.389. The van der Waals surface area contributed by atoms with Crippen LogP contribution in [0.25, 0.3) is 0 Å². The van der Waals surface area contributed by atoms with E-state index in [0.717, 1.165) is 10.7 Å². The van der Waals surface area contributed by atoms with Crippen LogP contribution in [-0.4, -0.2) is 27.7 Å². The Morgan fingerprint density at radius 1 is 1.77 bits per heavy atom. The maximum absolute atomic E-state index is 11.1. The summed E-state index contributed by atoms with van der Waals surface area (Å²) in [5.41, 5.74) is 0.161. The van der Waals surface area contributed by atoms with Crippen molar-refractivity contribution in [2.75, 3.05) is 7.05 Å². The van der Waals surface area contributed by atoms with Gasteiger partial charge in [-0.2, -0.15) is 4.68 Å². The summed E-state index contributed by atoms with van der Waals surface area (Å²) in [4.78, 5) is 20.7. The van der Waals surface area contributed by atoms with Crippen molar-refractivity contribution >= 4 is 11.7 Å². The van der Waals surface area contributed by atoms with Gasteiger partial charge in [0.25, 0.3) is 5.91 Å². The number of nitrogens with one attached hydrogen (secondary N) is 1. The van der Waals surface area contributed by atoms with Crippen LogP contribution in [0.4, 0.5) is 5.82 Å². The number of carbonyl (C=O) groups excluding carboxylic acids is 1. The number of rotatable bonds is 2. The van der Waals surface area contributed by atoms with Crippen LogP contribution in [0.5, 0.6) is 0 Å². The van der Waals surface area contributed by atoms with Crippen LogP contribution in [0.3, 0.4) is 0 Å². The predicted molar refractivity (Wildman–Crippen MR) is 43.3 cm³/mol. The number of aromatic nitrogens is 2. The lowest BCUT2D eigenvalue weighted by atomic mass is 10.4. The average molecular weight is 184 g/mol. The highest BCUT2D eigenvalue weighted by molar-refractivity contribution is 5.92. The first-order valence-electron chi connectivity index (χ1n) is 3.46. The zero-order valence-electron chi connectivity index (χ0n) is 7.14. The minimum atomic E-state index is -0.646. The molecule has 0 spiro atoms. The Balaban J connectivity index is 3.10. The van der Waals surface area contributed by atoms with Crippen LogP contribution >= 0.6 is 0 Å². The molecule has 0 aromatic carbocycles. The molecule has 0 aliphatic carbocycles. The van der Waals surface area contributed by atoms with Gasteiger partial charge < -0.3 is 15.4 Å². The highest BCUT2D eigenvalue weighted by Crippen LogP contribution is 2.09. The van der Waals surface area contributed by atoms with E-state index in [2.05, 4.69) is 10.4 Å². The fraction of sp³-hybridized carbons (Fsp3) is 0.333. The molecule has 0 saturated carbocycles. The van der Waals surface area contributed by atoms with E-state index in [1.165, 1.54) is 14.1 Å². The van der Waals surface area contributed by atoms with Crippen LogP contribution in [0.2, 0.25) is 0 Å². The van der Waals surface area contributed by atoms with Gasteiger partial charge in [-0.1, -0.05) is 0 Å². The number of nitrogens with zero attached hydrogens (tertiary/aromatic N) is 3. The minimum Gasteiger partial charge on any atom is -0.358 e. The van der Waals surface area contributed by atoms with E-state index >= 15 is 0 Å². The Kier molecular flexibility index (Phi) is 2.27. The second-order valence-electron chi connectivity index (χ2n) is 2.35. The van der Waals surface area contributed by atoms with Crippen LogP contribution < -0.4 is 5.32 Å². The lowest BCUT2D eigenvalue weighted by Crippen LogP contribution is -2.20. The molecule has 13 heavy (non-hydrogen) atoms. The standard InChI is InChI=1S/C6H8N4O3/c1-7-6(11)4-3-5(10(12)13)8-9(4)2/h3H,1-2H3,(H,7,11). The molecule has 7 heteroatoms. The minimum absolute atomic E-state index is 0.161. The molecule has 7 nitrogen and oxygen atoms in total. The molecule has 0 radical (unpaired) electrons. The van der Waals surface area contributed by atoms with Crippen molar-refractivity contribution in [3.05, 3.63) is 21.9 Å². The molecule has 1 heterocycles. The predicted octanol–water partition coefficient (Wildman–Crippen LogP) is -0.312. The third-order valence-corrected chi connectivity index (χ3v) is 1.51. The van der Waals surface area contributed by atoms with Gasteiger partial charge in [0.15, 0.2) is 5.69 Å². The number of nitro groups is 1. The van der Waals surface area contributed by atoms with Crippen LogP contribution in [0.15, 0.2) is 6.07 Å². The summed E-state index contributed by atoms with van der Waals surface area (Å²) in [5.74, 6) is -0.732. The topological polar surface area (TPSA) is 90.1 Å². The second-order valence-corrected chi connectivity index (χ2v) is 2.35. The van der Waals surface area contributed by atoms with E-state index < -0.39 is 10.8 Å². The fourth-order valence-corrected chi connectivity index (χ4v) is 0.882. The van der Waals surface area contributed by atoms with E-state index in [1.54, 1.807) is 0 Å². The monoisotopic (exact) mass is 184 g/mol. The maximum atomic E-state index is 11.1. The number of amides is 1. The van der Waals surface area contributed by atoms with Crippen LogP contribution in [-0.2, 0) is 7.05 Å². The number of carbonyl (C=O) groups is 1. The summed E-state index contributed by atoms with van der Waals surface area (Å²) in [6, 6.07) is 1.12. The third kappa shape index (κ3) is 1.63. The normalized spacial score (nSPS) is 9.69. The molecule has 0 bridgehead atoms. The second kappa shape index (κ2) is 3.21. The van der Waals surface area contributed by atoms with Crippen molar-refractivity contribution in [1.29, 1.82) is 0 Å². The zero-order valence-corrected chi connectivity index (χ0v) is 7.14. The number of hydrogen-bond donors (Lipinski definition) is 1. The maximum Gasteiger partial charge on any atom is 0.390 e. The molecular formula is C6H8N4O3. The first kappa shape index (κ1) is 9.17. The zero-order chi connectivity index (χ0) is 10.0. The molecule has 0 atom stereocenters. The van der Waals surface area contributed by atoms with Crippen LogP contribution in [0.1, 0.15) is 10.5 Å². The molecule has 1 N–H and O–H groups in total. The first-order valence-corrected chi connectivity index (χ1v) is 3.46. The molecular weight excluding hydrogens is 176 g/mol. The van der Waals surface area contributed by atoms with E-state index in [0.29, 0.717) is 0 Å². The lowest BCUT2D eigenvalue weighted by Gasteiger charge is -1.93.